The second-order valence-electron chi connectivity index (χ2n) is 6.07. The fourth-order valence-electron chi connectivity index (χ4n) is 2.92. The highest BCUT2D eigenvalue weighted by atomic mass is 16.5. The Kier molecular flexibility index (Phi) is 5.76. The summed E-state index contributed by atoms with van der Waals surface area (Å²) in [6.45, 7) is 5.24. The van der Waals surface area contributed by atoms with Crippen molar-refractivity contribution in [2.75, 3.05) is 18.5 Å². The van der Waals surface area contributed by atoms with E-state index in [0.29, 0.717) is 23.5 Å². The van der Waals surface area contributed by atoms with Gasteiger partial charge in [0.15, 0.2) is 6.61 Å². The van der Waals surface area contributed by atoms with Crippen LogP contribution in [0.15, 0.2) is 54.7 Å². The van der Waals surface area contributed by atoms with Gasteiger partial charge in [-0.25, -0.2) is 0 Å². The van der Waals surface area contributed by atoms with Crippen molar-refractivity contribution in [3.05, 3.63) is 60.3 Å². The summed E-state index contributed by atoms with van der Waals surface area (Å²) in [4.78, 5) is 24.1. The third-order valence-electron chi connectivity index (χ3n) is 4.23. The van der Waals surface area contributed by atoms with Crippen LogP contribution in [0.2, 0.25) is 0 Å². The molecule has 6 heteroatoms. The maximum absolute atomic E-state index is 12.7. The number of hydrogen-bond acceptors (Lipinski definition) is 3. The SMILES string of the molecule is CCNC(=O)COc1ccc(NC(=O)c2cn(CC)c3ccccc23)cc1. The van der Waals surface area contributed by atoms with Crippen LogP contribution in [0.3, 0.4) is 0 Å². The Labute approximate surface area is 158 Å². The molecule has 0 saturated carbocycles. The minimum absolute atomic E-state index is 0.0317. The fourth-order valence-corrected chi connectivity index (χ4v) is 2.92. The first-order valence-electron chi connectivity index (χ1n) is 9.01. The maximum atomic E-state index is 12.7. The lowest BCUT2D eigenvalue weighted by atomic mass is 10.1. The van der Waals surface area contributed by atoms with Crippen molar-refractivity contribution in [3.8, 4) is 5.75 Å². The molecule has 0 fully saturated rings. The number of aryl methyl sites for hydroxylation is 1. The molecule has 27 heavy (non-hydrogen) atoms. The van der Waals surface area contributed by atoms with Gasteiger partial charge in [0.2, 0.25) is 0 Å². The lowest BCUT2D eigenvalue weighted by Crippen LogP contribution is -2.28. The van der Waals surface area contributed by atoms with Gasteiger partial charge in [-0.15, -0.1) is 0 Å². The smallest absolute Gasteiger partial charge is 0.257 e. The van der Waals surface area contributed by atoms with E-state index in [4.69, 9.17) is 4.74 Å². The summed E-state index contributed by atoms with van der Waals surface area (Å²) in [7, 11) is 0. The summed E-state index contributed by atoms with van der Waals surface area (Å²) in [5.41, 5.74) is 2.35. The molecule has 3 rings (SSSR count). The van der Waals surface area contributed by atoms with E-state index in [0.717, 1.165) is 17.4 Å². The van der Waals surface area contributed by atoms with Crippen LogP contribution in [-0.4, -0.2) is 29.5 Å². The van der Waals surface area contributed by atoms with Crippen LogP contribution in [0.4, 0.5) is 5.69 Å². The summed E-state index contributed by atoms with van der Waals surface area (Å²) in [5.74, 6) is 0.249. The number of carbonyl (C=O) groups excluding carboxylic acids is 2. The first-order valence-corrected chi connectivity index (χ1v) is 9.01. The van der Waals surface area contributed by atoms with Crippen molar-refractivity contribution in [2.45, 2.75) is 20.4 Å². The molecule has 2 N–H and O–H groups in total. The van der Waals surface area contributed by atoms with Crippen molar-refractivity contribution in [1.29, 1.82) is 0 Å². The molecule has 6 nitrogen and oxygen atoms in total. The van der Waals surface area contributed by atoms with Crippen LogP contribution in [0, 0.1) is 0 Å². The first-order chi connectivity index (χ1) is 13.1. The van der Waals surface area contributed by atoms with Crippen LogP contribution < -0.4 is 15.4 Å². The van der Waals surface area contributed by atoms with E-state index in [1.165, 1.54) is 0 Å². The Morgan fingerprint density at radius 2 is 1.78 bits per heavy atom. The van der Waals surface area contributed by atoms with E-state index in [-0.39, 0.29) is 18.4 Å². The normalized spacial score (nSPS) is 10.6. The topological polar surface area (TPSA) is 72.4 Å². The number of amides is 2. The number of rotatable bonds is 7. The molecule has 0 saturated heterocycles. The lowest BCUT2D eigenvalue weighted by molar-refractivity contribution is -0.122. The quantitative estimate of drug-likeness (QED) is 0.674. The summed E-state index contributed by atoms with van der Waals surface area (Å²) >= 11 is 0. The van der Waals surface area contributed by atoms with E-state index in [1.54, 1.807) is 24.3 Å². The minimum Gasteiger partial charge on any atom is -0.484 e. The van der Waals surface area contributed by atoms with Crippen LogP contribution in [0.5, 0.6) is 5.75 Å². The standard InChI is InChI=1S/C21H23N3O3/c1-3-22-20(25)14-27-16-11-9-15(10-12-16)23-21(26)18-13-24(4-2)19-8-6-5-7-17(18)19/h5-13H,3-4,14H2,1-2H3,(H,22,25)(H,23,26). The zero-order valence-electron chi connectivity index (χ0n) is 15.5. The molecule has 0 aliphatic rings. The van der Waals surface area contributed by atoms with Gasteiger partial charge in [-0.1, -0.05) is 18.2 Å². The maximum Gasteiger partial charge on any atom is 0.257 e. The molecule has 0 spiro atoms. The number of nitrogens with zero attached hydrogens (tertiary/aromatic N) is 1. The van der Waals surface area contributed by atoms with Crippen molar-refractivity contribution in [1.82, 2.24) is 9.88 Å². The number of carbonyl (C=O) groups is 2. The van der Waals surface area contributed by atoms with Gasteiger partial charge in [0.25, 0.3) is 11.8 Å². The monoisotopic (exact) mass is 365 g/mol. The molecule has 1 aromatic heterocycles. The Morgan fingerprint density at radius 3 is 2.48 bits per heavy atom. The number of hydrogen-bond donors (Lipinski definition) is 2. The summed E-state index contributed by atoms with van der Waals surface area (Å²) in [6, 6.07) is 14.8. The molecule has 0 aliphatic carbocycles. The van der Waals surface area contributed by atoms with Gasteiger partial charge in [0.1, 0.15) is 5.75 Å². The number of benzene rings is 2. The summed E-state index contributed by atoms with van der Waals surface area (Å²) < 4.78 is 7.47. The van der Waals surface area contributed by atoms with Gasteiger partial charge in [-0.05, 0) is 44.2 Å². The number of likely N-dealkylation sites (N-methyl/N-ethyl adjacent to an activating group) is 1. The minimum atomic E-state index is -0.165. The molecule has 2 aromatic carbocycles. The Bertz CT molecular complexity index is 945. The average Bonchev–Trinajstić information content (AvgIpc) is 3.07. The molecule has 2 amide bonds. The lowest BCUT2D eigenvalue weighted by Gasteiger charge is -2.08. The second kappa shape index (κ2) is 8.40. The predicted octanol–water partition coefficient (Wildman–Crippen LogP) is 3.43. The van der Waals surface area contributed by atoms with E-state index >= 15 is 0 Å². The fraction of sp³-hybridized carbons (Fsp3) is 0.238. The average molecular weight is 365 g/mol. The Hall–Kier alpha value is -3.28. The van der Waals surface area contributed by atoms with Crippen molar-refractivity contribution < 1.29 is 14.3 Å². The van der Waals surface area contributed by atoms with Gasteiger partial charge in [0.05, 0.1) is 5.56 Å². The molecule has 0 radical (unpaired) electrons. The van der Waals surface area contributed by atoms with Gasteiger partial charge in [-0.2, -0.15) is 0 Å². The van der Waals surface area contributed by atoms with E-state index in [9.17, 15) is 9.59 Å². The molecule has 0 aliphatic heterocycles. The number of aromatic nitrogens is 1. The molecule has 3 aromatic rings. The highest BCUT2D eigenvalue weighted by Gasteiger charge is 2.14. The molecule has 140 valence electrons. The Morgan fingerprint density at radius 1 is 1.04 bits per heavy atom. The molecule has 0 unspecified atom stereocenters. The van der Waals surface area contributed by atoms with E-state index in [2.05, 4.69) is 15.2 Å². The van der Waals surface area contributed by atoms with Crippen LogP contribution >= 0.6 is 0 Å². The van der Waals surface area contributed by atoms with Crippen LogP contribution in [-0.2, 0) is 11.3 Å². The largest absolute Gasteiger partial charge is 0.484 e. The van der Waals surface area contributed by atoms with Gasteiger partial charge < -0.3 is 19.9 Å². The predicted molar refractivity (Wildman–Crippen MR) is 106 cm³/mol. The third kappa shape index (κ3) is 4.28. The number of nitrogens with one attached hydrogen (secondary N) is 2. The van der Waals surface area contributed by atoms with Crippen molar-refractivity contribution in [2.24, 2.45) is 0 Å². The zero-order valence-corrected chi connectivity index (χ0v) is 15.5. The molecule has 0 atom stereocenters. The first kappa shape index (κ1) is 18.5. The number of anilines is 1. The van der Waals surface area contributed by atoms with Gasteiger partial charge in [-0.3, -0.25) is 9.59 Å². The molecule has 1 heterocycles. The van der Waals surface area contributed by atoms with Gasteiger partial charge >= 0.3 is 0 Å². The van der Waals surface area contributed by atoms with Crippen LogP contribution in [0.1, 0.15) is 24.2 Å². The molecule has 0 bridgehead atoms. The number of para-hydroxylation sites is 1. The summed E-state index contributed by atoms with van der Waals surface area (Å²) in [5, 5.41) is 6.51. The van der Waals surface area contributed by atoms with Gasteiger partial charge in [0, 0.05) is 35.9 Å². The molecular weight excluding hydrogens is 342 g/mol. The van der Waals surface area contributed by atoms with Crippen molar-refractivity contribution >= 4 is 28.4 Å². The second-order valence-corrected chi connectivity index (χ2v) is 6.07. The van der Waals surface area contributed by atoms with Crippen LogP contribution in [0.25, 0.3) is 10.9 Å². The van der Waals surface area contributed by atoms with E-state index in [1.807, 2.05) is 44.3 Å². The number of ether oxygens (including phenoxy) is 1. The van der Waals surface area contributed by atoms with Crippen molar-refractivity contribution in [3.63, 3.8) is 0 Å². The van der Waals surface area contributed by atoms with E-state index < -0.39 is 0 Å². The summed E-state index contributed by atoms with van der Waals surface area (Å²) in [6.07, 6.45) is 1.88. The Balaban J connectivity index is 1.69. The molecular formula is C21H23N3O3. The zero-order chi connectivity index (χ0) is 19.2. The highest BCUT2D eigenvalue weighted by Crippen LogP contribution is 2.23. The number of fused-ring (bicyclic) bond motifs is 1. The highest BCUT2D eigenvalue weighted by molar-refractivity contribution is 6.13. The third-order valence-corrected chi connectivity index (χ3v) is 4.23.